The van der Waals surface area contributed by atoms with E-state index in [4.69, 9.17) is 11.6 Å². The number of anilines is 1. The Labute approximate surface area is 95.4 Å². The fourth-order valence-electron chi connectivity index (χ4n) is 1.34. The topological polar surface area (TPSA) is 46.2 Å². The van der Waals surface area contributed by atoms with E-state index in [1.54, 1.807) is 6.07 Å². The van der Waals surface area contributed by atoms with Crippen molar-refractivity contribution in [2.24, 2.45) is 0 Å². The van der Waals surface area contributed by atoms with Crippen LogP contribution in [0.2, 0.25) is 5.02 Å². The zero-order valence-corrected chi connectivity index (χ0v) is 10.3. The van der Waals surface area contributed by atoms with Crippen LogP contribution < -0.4 is 5.32 Å². The second-order valence-corrected chi connectivity index (χ2v) is 6.21. The Bertz CT molecular complexity index is 431. The molecule has 0 fully saturated rings. The Morgan fingerprint density at radius 3 is 2.53 bits per heavy atom. The highest BCUT2D eigenvalue weighted by molar-refractivity contribution is 7.90. The number of sulfone groups is 1. The molecule has 0 amide bonds. The van der Waals surface area contributed by atoms with Crippen molar-refractivity contribution in [1.29, 1.82) is 0 Å². The third kappa shape index (κ3) is 4.53. The molecular formula is C10H14ClNO2S. The molecule has 1 atom stereocenters. The van der Waals surface area contributed by atoms with Crippen LogP contribution in [0.4, 0.5) is 5.69 Å². The van der Waals surface area contributed by atoms with E-state index in [1.807, 2.05) is 25.1 Å². The van der Waals surface area contributed by atoms with Crippen molar-refractivity contribution in [2.75, 3.05) is 17.3 Å². The summed E-state index contributed by atoms with van der Waals surface area (Å²) in [5, 5.41) is 3.65. The number of halogens is 1. The second kappa shape index (κ2) is 4.86. The van der Waals surface area contributed by atoms with Gasteiger partial charge in [0.25, 0.3) is 0 Å². The van der Waals surface area contributed by atoms with Crippen molar-refractivity contribution in [2.45, 2.75) is 13.0 Å². The Morgan fingerprint density at radius 1 is 1.40 bits per heavy atom. The first-order valence-electron chi connectivity index (χ1n) is 4.57. The zero-order valence-electron chi connectivity index (χ0n) is 8.70. The van der Waals surface area contributed by atoms with Gasteiger partial charge in [0.1, 0.15) is 9.84 Å². The van der Waals surface area contributed by atoms with E-state index in [9.17, 15) is 8.42 Å². The van der Waals surface area contributed by atoms with Gasteiger partial charge in [0.2, 0.25) is 0 Å². The summed E-state index contributed by atoms with van der Waals surface area (Å²) in [6, 6.07) is 7.11. The molecule has 0 heterocycles. The standard InChI is InChI=1S/C10H14ClNO2S/c1-8(7-15(2,13)14)12-10-6-4-3-5-9(10)11/h3-6,8,12H,7H2,1-2H3. The number of rotatable bonds is 4. The van der Waals surface area contributed by atoms with Crippen LogP contribution in [-0.2, 0) is 9.84 Å². The van der Waals surface area contributed by atoms with E-state index in [2.05, 4.69) is 5.32 Å². The molecule has 15 heavy (non-hydrogen) atoms. The fraction of sp³-hybridized carbons (Fsp3) is 0.400. The molecular weight excluding hydrogens is 234 g/mol. The van der Waals surface area contributed by atoms with E-state index in [0.29, 0.717) is 5.02 Å². The van der Waals surface area contributed by atoms with Crippen molar-refractivity contribution < 1.29 is 8.42 Å². The third-order valence-electron chi connectivity index (χ3n) is 1.83. The molecule has 0 aliphatic rings. The van der Waals surface area contributed by atoms with Gasteiger partial charge in [-0.05, 0) is 19.1 Å². The van der Waals surface area contributed by atoms with Crippen molar-refractivity contribution >= 4 is 27.1 Å². The van der Waals surface area contributed by atoms with Crippen LogP contribution in [0.1, 0.15) is 6.92 Å². The summed E-state index contributed by atoms with van der Waals surface area (Å²) in [4.78, 5) is 0. The summed E-state index contributed by atoms with van der Waals surface area (Å²) < 4.78 is 22.1. The molecule has 0 bridgehead atoms. The first kappa shape index (κ1) is 12.3. The maximum absolute atomic E-state index is 11.0. The molecule has 1 aromatic rings. The monoisotopic (exact) mass is 247 g/mol. The molecule has 1 aromatic carbocycles. The highest BCUT2D eigenvalue weighted by atomic mass is 35.5. The van der Waals surface area contributed by atoms with Crippen LogP contribution in [0.25, 0.3) is 0 Å². The van der Waals surface area contributed by atoms with Gasteiger partial charge in [0, 0.05) is 12.3 Å². The molecule has 1 rings (SSSR count). The molecule has 1 unspecified atom stereocenters. The first-order chi connectivity index (χ1) is 6.88. The van der Waals surface area contributed by atoms with Crippen molar-refractivity contribution in [3.05, 3.63) is 29.3 Å². The van der Waals surface area contributed by atoms with Gasteiger partial charge in [-0.1, -0.05) is 23.7 Å². The minimum atomic E-state index is -2.96. The number of hydrogen-bond acceptors (Lipinski definition) is 3. The molecule has 5 heteroatoms. The summed E-state index contributed by atoms with van der Waals surface area (Å²) in [7, 11) is -2.96. The number of hydrogen-bond donors (Lipinski definition) is 1. The Balaban J connectivity index is 2.67. The van der Waals surface area contributed by atoms with E-state index in [1.165, 1.54) is 6.26 Å². The molecule has 0 saturated heterocycles. The van der Waals surface area contributed by atoms with E-state index < -0.39 is 9.84 Å². The van der Waals surface area contributed by atoms with E-state index in [-0.39, 0.29) is 11.8 Å². The minimum Gasteiger partial charge on any atom is -0.380 e. The Hall–Kier alpha value is -0.740. The minimum absolute atomic E-state index is 0.0955. The zero-order chi connectivity index (χ0) is 11.5. The van der Waals surface area contributed by atoms with Crippen molar-refractivity contribution in [3.8, 4) is 0 Å². The summed E-state index contributed by atoms with van der Waals surface area (Å²) in [6.07, 6.45) is 1.22. The highest BCUT2D eigenvalue weighted by Gasteiger charge is 2.11. The van der Waals surface area contributed by atoms with Crippen LogP contribution in [0.3, 0.4) is 0 Å². The SMILES string of the molecule is CC(CS(C)(=O)=O)Nc1ccccc1Cl. The molecule has 0 spiro atoms. The molecule has 1 N–H and O–H groups in total. The lowest BCUT2D eigenvalue weighted by Crippen LogP contribution is -2.25. The summed E-state index contributed by atoms with van der Waals surface area (Å²) >= 11 is 5.93. The van der Waals surface area contributed by atoms with Crippen LogP contribution in [0.15, 0.2) is 24.3 Å². The molecule has 0 aliphatic carbocycles. The van der Waals surface area contributed by atoms with Crippen LogP contribution in [-0.4, -0.2) is 26.5 Å². The quantitative estimate of drug-likeness (QED) is 0.887. The van der Waals surface area contributed by atoms with Gasteiger partial charge < -0.3 is 5.32 Å². The fourth-order valence-corrected chi connectivity index (χ4v) is 2.52. The number of benzene rings is 1. The molecule has 0 aromatic heterocycles. The summed E-state index contributed by atoms with van der Waals surface area (Å²) in [6.45, 7) is 1.81. The summed E-state index contributed by atoms with van der Waals surface area (Å²) in [5.74, 6) is 0.0955. The van der Waals surface area contributed by atoms with Gasteiger partial charge in [-0.2, -0.15) is 0 Å². The molecule has 0 aliphatic heterocycles. The Morgan fingerprint density at radius 2 is 2.00 bits per heavy atom. The second-order valence-electron chi connectivity index (χ2n) is 3.62. The lowest BCUT2D eigenvalue weighted by molar-refractivity contribution is 0.598. The van der Waals surface area contributed by atoms with E-state index in [0.717, 1.165) is 5.69 Å². The van der Waals surface area contributed by atoms with Crippen molar-refractivity contribution in [3.63, 3.8) is 0 Å². The average molecular weight is 248 g/mol. The lowest BCUT2D eigenvalue weighted by Gasteiger charge is -2.14. The predicted molar refractivity (Wildman–Crippen MR) is 64.2 cm³/mol. The third-order valence-corrected chi connectivity index (χ3v) is 3.26. The van der Waals surface area contributed by atoms with Gasteiger partial charge in [0.15, 0.2) is 0 Å². The lowest BCUT2D eigenvalue weighted by atomic mass is 10.3. The molecule has 3 nitrogen and oxygen atoms in total. The normalized spacial score (nSPS) is 13.5. The largest absolute Gasteiger partial charge is 0.380 e. The van der Waals surface area contributed by atoms with Crippen LogP contribution >= 0.6 is 11.6 Å². The summed E-state index contributed by atoms with van der Waals surface area (Å²) in [5.41, 5.74) is 0.760. The smallest absolute Gasteiger partial charge is 0.149 e. The molecule has 0 radical (unpaired) electrons. The Kier molecular flexibility index (Phi) is 3.99. The average Bonchev–Trinajstić information content (AvgIpc) is 2.05. The maximum atomic E-state index is 11.0. The molecule has 0 saturated carbocycles. The predicted octanol–water partition coefficient (Wildman–Crippen LogP) is 2.18. The first-order valence-corrected chi connectivity index (χ1v) is 7.01. The van der Waals surface area contributed by atoms with Gasteiger partial charge in [0.05, 0.1) is 16.5 Å². The van der Waals surface area contributed by atoms with Crippen molar-refractivity contribution in [1.82, 2.24) is 0 Å². The van der Waals surface area contributed by atoms with Crippen LogP contribution in [0.5, 0.6) is 0 Å². The highest BCUT2D eigenvalue weighted by Crippen LogP contribution is 2.21. The number of nitrogens with one attached hydrogen (secondary N) is 1. The van der Waals surface area contributed by atoms with Gasteiger partial charge >= 0.3 is 0 Å². The molecule has 84 valence electrons. The van der Waals surface area contributed by atoms with Gasteiger partial charge in [-0.3, -0.25) is 0 Å². The number of para-hydroxylation sites is 1. The van der Waals surface area contributed by atoms with Gasteiger partial charge in [-0.15, -0.1) is 0 Å². The van der Waals surface area contributed by atoms with E-state index >= 15 is 0 Å². The maximum Gasteiger partial charge on any atom is 0.149 e. The van der Waals surface area contributed by atoms with Gasteiger partial charge in [-0.25, -0.2) is 8.42 Å². The van der Waals surface area contributed by atoms with Crippen LogP contribution in [0, 0.1) is 0 Å².